The van der Waals surface area contributed by atoms with Crippen LogP contribution >= 0.6 is 0 Å². The molecule has 0 aromatic heterocycles. The maximum absolute atomic E-state index is 8.77. The molecule has 1 N–H and O–H groups in total. The summed E-state index contributed by atoms with van der Waals surface area (Å²) in [6.07, 6.45) is 4.45. The Kier molecular flexibility index (Phi) is 5.85. The van der Waals surface area contributed by atoms with Gasteiger partial charge in [-0.15, -0.1) is 0 Å². The summed E-state index contributed by atoms with van der Waals surface area (Å²) in [7, 11) is 0. The fourth-order valence-electron chi connectivity index (χ4n) is 2.83. The molecular weight excluding hydrogens is 258 g/mol. The summed E-state index contributed by atoms with van der Waals surface area (Å²) in [4.78, 5) is 2.55. The van der Waals surface area contributed by atoms with E-state index in [0.717, 1.165) is 12.1 Å². The van der Waals surface area contributed by atoms with Crippen molar-refractivity contribution >= 4 is 0 Å². The molecule has 0 saturated carbocycles. The van der Waals surface area contributed by atoms with Crippen LogP contribution < -0.4 is 0 Å². The molecule has 1 fully saturated rings. The molecule has 2 rings (SSSR count). The molecule has 1 aromatic carbocycles. The fourth-order valence-corrected chi connectivity index (χ4v) is 2.83. The number of nitrogens with zero attached hydrogens (tertiary/aromatic N) is 1. The van der Waals surface area contributed by atoms with E-state index in [9.17, 15) is 0 Å². The van der Waals surface area contributed by atoms with E-state index in [1.54, 1.807) is 0 Å². The molecule has 0 amide bonds. The number of rotatable bonds is 4. The van der Waals surface area contributed by atoms with E-state index < -0.39 is 0 Å². The van der Waals surface area contributed by atoms with Crippen LogP contribution in [0.15, 0.2) is 24.3 Å². The lowest BCUT2D eigenvalue weighted by Crippen LogP contribution is -2.37. The first-order valence-electron chi connectivity index (χ1n) is 8.06. The molecule has 1 aromatic rings. The molecule has 2 heteroatoms. The van der Waals surface area contributed by atoms with Crippen LogP contribution in [0.5, 0.6) is 0 Å². The highest BCUT2D eigenvalue weighted by molar-refractivity contribution is 5.37. The van der Waals surface area contributed by atoms with Gasteiger partial charge in [0.15, 0.2) is 0 Å². The maximum Gasteiger partial charge on any atom is 0.0540 e. The van der Waals surface area contributed by atoms with Gasteiger partial charge in [0.05, 0.1) is 6.61 Å². The lowest BCUT2D eigenvalue weighted by atomic mass is 9.78. The zero-order valence-corrected chi connectivity index (χ0v) is 13.4. The monoisotopic (exact) mass is 285 g/mol. The average Bonchev–Trinajstić information content (AvgIpc) is 2.51. The first-order valence-corrected chi connectivity index (χ1v) is 8.06. The summed E-state index contributed by atoms with van der Waals surface area (Å²) in [5.74, 6) is 6.10. The molecule has 21 heavy (non-hydrogen) atoms. The smallest absolute Gasteiger partial charge is 0.0540 e. The second-order valence-electron chi connectivity index (χ2n) is 6.42. The standard InChI is InChI=1S/C19H27NO/c1-3-19(2)10-12-20(13-11-19)16-18-9-6-8-17(15-18)7-4-5-14-21/h6,8-9,15,21H,3,5,10-14,16H2,1-2H3. The average molecular weight is 285 g/mol. The SMILES string of the molecule is CCC1(C)CCN(Cc2cccc(C#CCCO)c2)CC1. The number of aliphatic hydroxyl groups is 1. The minimum atomic E-state index is 0.136. The molecule has 0 radical (unpaired) electrons. The van der Waals surface area contributed by atoms with Crippen LogP contribution in [0.4, 0.5) is 0 Å². The fraction of sp³-hybridized carbons (Fsp3) is 0.579. The van der Waals surface area contributed by atoms with Gasteiger partial charge in [-0.1, -0.05) is 44.2 Å². The van der Waals surface area contributed by atoms with Crippen LogP contribution in [0.2, 0.25) is 0 Å². The molecule has 0 spiro atoms. The molecule has 0 bridgehead atoms. The van der Waals surface area contributed by atoms with Gasteiger partial charge in [0, 0.05) is 18.5 Å². The summed E-state index contributed by atoms with van der Waals surface area (Å²) in [5.41, 5.74) is 2.94. The van der Waals surface area contributed by atoms with Crippen LogP contribution in [0.3, 0.4) is 0 Å². The van der Waals surface area contributed by atoms with Crippen LogP contribution in [-0.2, 0) is 6.54 Å². The van der Waals surface area contributed by atoms with Crippen molar-refractivity contribution in [2.24, 2.45) is 5.41 Å². The quantitative estimate of drug-likeness (QED) is 0.857. The van der Waals surface area contributed by atoms with Gasteiger partial charge in [0.2, 0.25) is 0 Å². The third-order valence-electron chi connectivity index (χ3n) is 4.72. The topological polar surface area (TPSA) is 23.5 Å². The second-order valence-corrected chi connectivity index (χ2v) is 6.42. The van der Waals surface area contributed by atoms with Crippen molar-refractivity contribution in [3.63, 3.8) is 0 Å². The van der Waals surface area contributed by atoms with Gasteiger partial charge in [0.1, 0.15) is 0 Å². The molecule has 1 heterocycles. The minimum Gasteiger partial charge on any atom is -0.395 e. The van der Waals surface area contributed by atoms with Gasteiger partial charge in [-0.2, -0.15) is 0 Å². The Labute approximate surface area is 129 Å². The Bertz CT molecular complexity index is 504. The van der Waals surface area contributed by atoms with Gasteiger partial charge in [-0.3, -0.25) is 4.90 Å². The van der Waals surface area contributed by atoms with Crippen molar-refractivity contribution in [1.82, 2.24) is 4.90 Å². The summed E-state index contributed by atoms with van der Waals surface area (Å²) < 4.78 is 0. The molecule has 0 atom stereocenters. The lowest BCUT2D eigenvalue weighted by molar-refractivity contribution is 0.109. The summed E-state index contributed by atoms with van der Waals surface area (Å²) in [6.45, 7) is 8.29. The molecule has 1 aliphatic heterocycles. The van der Waals surface area contributed by atoms with Crippen LogP contribution in [0, 0.1) is 17.3 Å². The first kappa shape index (κ1) is 16.1. The van der Waals surface area contributed by atoms with E-state index >= 15 is 0 Å². The van der Waals surface area contributed by atoms with Crippen molar-refractivity contribution in [1.29, 1.82) is 0 Å². The second kappa shape index (κ2) is 7.64. The van der Waals surface area contributed by atoms with Gasteiger partial charge in [-0.05, 0) is 49.0 Å². The Balaban J connectivity index is 1.92. The van der Waals surface area contributed by atoms with Crippen molar-refractivity contribution in [3.05, 3.63) is 35.4 Å². The van der Waals surface area contributed by atoms with Crippen molar-refractivity contribution in [3.8, 4) is 11.8 Å². The van der Waals surface area contributed by atoms with Gasteiger partial charge >= 0.3 is 0 Å². The normalized spacial score (nSPS) is 18.0. The molecule has 0 unspecified atom stereocenters. The Hall–Kier alpha value is -1.30. The summed E-state index contributed by atoms with van der Waals surface area (Å²) in [6, 6.07) is 8.49. The number of hydrogen-bond acceptors (Lipinski definition) is 2. The lowest BCUT2D eigenvalue weighted by Gasteiger charge is -2.39. The Morgan fingerprint density at radius 2 is 2.05 bits per heavy atom. The number of aliphatic hydroxyl groups excluding tert-OH is 1. The number of benzene rings is 1. The van der Waals surface area contributed by atoms with Gasteiger partial charge in [0.25, 0.3) is 0 Å². The number of piperidine rings is 1. The molecule has 2 nitrogen and oxygen atoms in total. The largest absolute Gasteiger partial charge is 0.395 e. The molecule has 114 valence electrons. The molecular formula is C19H27NO. The van der Waals surface area contributed by atoms with E-state index in [4.69, 9.17) is 5.11 Å². The highest BCUT2D eigenvalue weighted by Gasteiger charge is 2.27. The van der Waals surface area contributed by atoms with Crippen LogP contribution in [0.25, 0.3) is 0 Å². The zero-order valence-electron chi connectivity index (χ0n) is 13.4. The van der Waals surface area contributed by atoms with E-state index in [1.807, 2.05) is 6.07 Å². The Morgan fingerprint density at radius 3 is 2.71 bits per heavy atom. The van der Waals surface area contributed by atoms with E-state index in [2.05, 4.69) is 48.8 Å². The van der Waals surface area contributed by atoms with E-state index in [-0.39, 0.29) is 6.61 Å². The van der Waals surface area contributed by atoms with Crippen LogP contribution in [-0.4, -0.2) is 29.7 Å². The van der Waals surface area contributed by atoms with Crippen molar-refractivity contribution in [2.45, 2.75) is 46.1 Å². The highest BCUT2D eigenvalue weighted by atomic mass is 16.2. The van der Waals surface area contributed by atoms with E-state index in [0.29, 0.717) is 11.8 Å². The molecule has 1 aliphatic rings. The van der Waals surface area contributed by atoms with Gasteiger partial charge < -0.3 is 5.11 Å². The first-order chi connectivity index (χ1) is 10.1. The Morgan fingerprint density at radius 1 is 1.29 bits per heavy atom. The minimum absolute atomic E-state index is 0.136. The predicted octanol–water partition coefficient (Wildman–Crippen LogP) is 3.43. The molecule has 0 aliphatic carbocycles. The number of likely N-dealkylation sites (tertiary alicyclic amines) is 1. The molecule has 1 saturated heterocycles. The van der Waals surface area contributed by atoms with E-state index in [1.165, 1.54) is 37.9 Å². The third-order valence-corrected chi connectivity index (χ3v) is 4.72. The predicted molar refractivity (Wildman–Crippen MR) is 87.9 cm³/mol. The van der Waals surface area contributed by atoms with Gasteiger partial charge in [-0.25, -0.2) is 0 Å². The third kappa shape index (κ3) is 4.88. The maximum atomic E-state index is 8.77. The van der Waals surface area contributed by atoms with Crippen molar-refractivity contribution < 1.29 is 5.11 Å². The van der Waals surface area contributed by atoms with Crippen molar-refractivity contribution in [2.75, 3.05) is 19.7 Å². The summed E-state index contributed by atoms with van der Waals surface area (Å²) in [5, 5.41) is 8.77. The summed E-state index contributed by atoms with van der Waals surface area (Å²) >= 11 is 0. The number of hydrogen-bond donors (Lipinski definition) is 1. The van der Waals surface area contributed by atoms with Crippen LogP contribution in [0.1, 0.15) is 50.7 Å². The zero-order chi connectivity index (χ0) is 15.1. The highest BCUT2D eigenvalue weighted by Crippen LogP contribution is 2.34.